The van der Waals surface area contributed by atoms with Crippen LogP contribution in [0, 0.1) is 0 Å². The monoisotopic (exact) mass is 618 g/mol. The fourth-order valence-corrected chi connectivity index (χ4v) is 6.83. The van der Waals surface area contributed by atoms with Gasteiger partial charge >= 0.3 is 0 Å². The third-order valence-electron chi connectivity index (χ3n) is 7.84. The molecule has 0 aliphatic rings. The van der Waals surface area contributed by atoms with Crippen molar-refractivity contribution in [3.63, 3.8) is 0 Å². The molecule has 0 radical (unpaired) electrons. The highest BCUT2D eigenvalue weighted by Crippen LogP contribution is 2.43. The second-order valence-corrected chi connectivity index (χ2v) is 11.7. The SMILES string of the molecule is [2H]c1c([2H])c([2H])c(-c2c([2H])c([2H])c3c([2H])c(-c4c([2H])c([2H])c(N(c5ccc6c(c5)sc5ccccc56)c5cccc6ccccc56)c([2H])c4[2H])c([2H])c([2H])c3c2[2H])c([2H])c1[2H]. The average Bonchev–Trinajstić information content (AvgIpc) is 3.63. The standard InChI is InChI=1S/C44H29NS/c1-2-9-30(10-3-1)33-17-19-36-28-34(18-20-35(36)27-33)31-21-23-37(24-22-31)45(42-15-8-12-32-11-4-5-13-39(32)42)38-25-26-41-40-14-6-7-16-43(40)46-44(41)29-38/h1-29H/i1D,2D,3D,9D,10D,17D,18D,19D,20D,21D,22D,23D,24D,27D,28D. The summed E-state index contributed by atoms with van der Waals surface area (Å²) in [5.41, 5.74) is -1.12. The van der Waals surface area contributed by atoms with E-state index in [1.54, 1.807) is 16.2 Å². The Morgan fingerprint density at radius 2 is 1.07 bits per heavy atom. The van der Waals surface area contributed by atoms with Gasteiger partial charge in [-0.2, -0.15) is 0 Å². The highest BCUT2D eigenvalue weighted by molar-refractivity contribution is 7.25. The number of fused-ring (bicyclic) bond motifs is 5. The summed E-state index contributed by atoms with van der Waals surface area (Å²) in [4.78, 5) is 1.66. The zero-order valence-electron chi connectivity index (χ0n) is 38.9. The molecular weight excluding hydrogens is 575 g/mol. The van der Waals surface area contributed by atoms with Crippen LogP contribution in [0.5, 0.6) is 0 Å². The van der Waals surface area contributed by atoms with Gasteiger partial charge < -0.3 is 4.90 Å². The Morgan fingerprint density at radius 3 is 1.85 bits per heavy atom. The molecule has 0 N–H and O–H groups in total. The molecule has 1 aromatic heterocycles. The third kappa shape index (κ3) is 4.63. The first-order valence-corrected chi connectivity index (χ1v) is 15.3. The van der Waals surface area contributed by atoms with E-state index in [0.29, 0.717) is 11.4 Å². The molecule has 0 amide bonds. The van der Waals surface area contributed by atoms with Crippen LogP contribution in [0.2, 0.25) is 0 Å². The van der Waals surface area contributed by atoms with E-state index in [2.05, 4.69) is 0 Å². The number of thiophene rings is 1. The molecule has 9 rings (SSSR count). The molecule has 1 nitrogen and oxygen atoms in total. The van der Waals surface area contributed by atoms with Crippen molar-refractivity contribution in [2.24, 2.45) is 0 Å². The van der Waals surface area contributed by atoms with Crippen molar-refractivity contribution in [3.8, 4) is 22.3 Å². The molecule has 8 aromatic carbocycles. The van der Waals surface area contributed by atoms with E-state index >= 15 is 0 Å². The predicted molar refractivity (Wildman–Crippen MR) is 200 cm³/mol. The molecule has 0 saturated carbocycles. The van der Waals surface area contributed by atoms with Crippen molar-refractivity contribution in [3.05, 3.63) is 176 Å². The molecule has 0 aliphatic carbocycles. The number of benzene rings is 8. The van der Waals surface area contributed by atoms with Crippen LogP contribution in [0.1, 0.15) is 20.6 Å². The quantitative estimate of drug-likeness (QED) is 0.185. The molecule has 2 heteroatoms. The Labute approximate surface area is 293 Å². The van der Waals surface area contributed by atoms with Crippen LogP contribution in [-0.4, -0.2) is 0 Å². The van der Waals surface area contributed by atoms with E-state index in [1.165, 1.54) is 0 Å². The molecule has 0 aliphatic heterocycles. The third-order valence-corrected chi connectivity index (χ3v) is 8.97. The van der Waals surface area contributed by atoms with Gasteiger partial charge in [0.15, 0.2) is 0 Å². The van der Waals surface area contributed by atoms with Gasteiger partial charge in [0.05, 0.1) is 26.2 Å². The van der Waals surface area contributed by atoms with E-state index in [1.807, 2.05) is 84.9 Å². The van der Waals surface area contributed by atoms with Crippen molar-refractivity contribution >= 4 is 70.1 Å². The highest BCUT2D eigenvalue weighted by Gasteiger charge is 2.17. The first-order valence-electron chi connectivity index (χ1n) is 22.0. The van der Waals surface area contributed by atoms with Crippen molar-refractivity contribution in [1.82, 2.24) is 0 Å². The lowest BCUT2D eigenvalue weighted by atomic mass is 9.97. The first kappa shape index (κ1) is 15.5. The Bertz CT molecular complexity index is 3340. The summed E-state index contributed by atoms with van der Waals surface area (Å²) >= 11 is 1.57. The van der Waals surface area contributed by atoms with Gasteiger partial charge in [-0.1, -0.05) is 127 Å². The maximum atomic E-state index is 9.52. The first-order chi connectivity index (χ1) is 29.1. The molecule has 0 atom stereocenters. The lowest BCUT2D eigenvalue weighted by molar-refractivity contribution is 1.30. The Hall–Kier alpha value is -5.70. The van der Waals surface area contributed by atoms with Gasteiger partial charge in [0.1, 0.15) is 0 Å². The lowest BCUT2D eigenvalue weighted by Crippen LogP contribution is -2.10. The maximum Gasteiger partial charge on any atom is 0.0645 e. The minimum atomic E-state index is -0.774. The van der Waals surface area contributed by atoms with Gasteiger partial charge in [-0.15, -0.1) is 11.3 Å². The van der Waals surface area contributed by atoms with Crippen LogP contribution in [0.3, 0.4) is 0 Å². The predicted octanol–water partition coefficient (Wildman–Crippen LogP) is 13.2. The Kier molecular flexibility index (Phi) is 3.72. The second-order valence-electron chi connectivity index (χ2n) is 10.6. The topological polar surface area (TPSA) is 3.24 Å². The normalized spacial score (nSPS) is 16.0. The number of hydrogen-bond donors (Lipinski definition) is 0. The molecule has 0 saturated heterocycles. The fourth-order valence-electron chi connectivity index (χ4n) is 5.69. The molecule has 0 fully saturated rings. The summed E-state index contributed by atoms with van der Waals surface area (Å²) in [7, 11) is 0. The maximum absolute atomic E-state index is 9.52. The summed E-state index contributed by atoms with van der Waals surface area (Å²) < 4.78 is 136. The molecule has 9 aromatic rings. The Balaban J connectivity index is 1.31. The fraction of sp³-hybridized carbons (Fsp3) is 0. The molecular formula is C44H29NS. The number of rotatable bonds is 5. The summed E-state index contributed by atoms with van der Waals surface area (Å²) in [5.74, 6) is 0. The molecule has 0 spiro atoms. The molecule has 46 heavy (non-hydrogen) atoms. The molecule has 216 valence electrons. The summed E-state index contributed by atoms with van der Waals surface area (Å²) in [6.07, 6.45) is 0. The van der Waals surface area contributed by atoms with Crippen LogP contribution >= 0.6 is 11.3 Å². The summed E-state index contributed by atoms with van der Waals surface area (Å²) in [5, 5.41) is 2.74. The van der Waals surface area contributed by atoms with Gasteiger partial charge in [0, 0.05) is 36.9 Å². The van der Waals surface area contributed by atoms with E-state index in [0.717, 1.165) is 30.9 Å². The second kappa shape index (κ2) is 11.0. The average molecular weight is 619 g/mol. The minimum Gasteiger partial charge on any atom is -0.310 e. The summed E-state index contributed by atoms with van der Waals surface area (Å²) in [6.45, 7) is 0. The van der Waals surface area contributed by atoms with Crippen molar-refractivity contribution in [2.45, 2.75) is 0 Å². The molecule has 0 unspecified atom stereocenters. The van der Waals surface area contributed by atoms with Crippen LogP contribution < -0.4 is 4.90 Å². The van der Waals surface area contributed by atoms with Gasteiger partial charge in [0.25, 0.3) is 0 Å². The minimum absolute atomic E-state index is 0.119. The molecule has 1 heterocycles. The van der Waals surface area contributed by atoms with Crippen molar-refractivity contribution in [2.75, 3.05) is 4.90 Å². The largest absolute Gasteiger partial charge is 0.310 e. The van der Waals surface area contributed by atoms with Crippen molar-refractivity contribution in [1.29, 1.82) is 0 Å². The van der Waals surface area contributed by atoms with Crippen LogP contribution in [0.4, 0.5) is 17.1 Å². The van der Waals surface area contributed by atoms with Crippen LogP contribution in [0.25, 0.3) is 64.0 Å². The van der Waals surface area contributed by atoms with Gasteiger partial charge in [-0.3, -0.25) is 0 Å². The smallest absolute Gasteiger partial charge is 0.0645 e. The highest BCUT2D eigenvalue weighted by atomic mass is 32.1. The van der Waals surface area contributed by atoms with Crippen molar-refractivity contribution < 1.29 is 20.6 Å². The lowest BCUT2D eigenvalue weighted by Gasteiger charge is -2.27. The van der Waals surface area contributed by atoms with E-state index in [4.69, 9.17) is 13.7 Å². The zero-order valence-corrected chi connectivity index (χ0v) is 24.8. The Morgan fingerprint density at radius 1 is 0.435 bits per heavy atom. The number of hydrogen-bond acceptors (Lipinski definition) is 2. The van der Waals surface area contributed by atoms with Gasteiger partial charge in [-0.25, -0.2) is 0 Å². The van der Waals surface area contributed by atoms with Crippen LogP contribution in [0.15, 0.2) is 176 Å². The number of anilines is 3. The van der Waals surface area contributed by atoms with E-state index in [9.17, 15) is 6.85 Å². The van der Waals surface area contributed by atoms with Gasteiger partial charge in [0.2, 0.25) is 0 Å². The zero-order chi connectivity index (χ0) is 43.5. The van der Waals surface area contributed by atoms with E-state index in [-0.39, 0.29) is 5.69 Å². The molecule has 0 bridgehead atoms. The van der Waals surface area contributed by atoms with E-state index < -0.39 is 124 Å². The van der Waals surface area contributed by atoms with Crippen LogP contribution in [-0.2, 0) is 0 Å². The number of nitrogens with zero attached hydrogens (tertiary/aromatic N) is 1. The summed E-state index contributed by atoms with van der Waals surface area (Å²) in [6, 6.07) is 16.5. The van der Waals surface area contributed by atoms with Gasteiger partial charge in [-0.05, 0) is 86.8 Å².